The quantitative estimate of drug-likeness (QED) is 0.290. The molecule has 1 heterocycles. The van der Waals surface area contributed by atoms with Crippen LogP contribution in [0, 0.1) is 0 Å². The van der Waals surface area contributed by atoms with Gasteiger partial charge >= 0.3 is 0 Å². The summed E-state index contributed by atoms with van der Waals surface area (Å²) in [5, 5.41) is 0. The maximum Gasteiger partial charge on any atom is 0.222 e. The SMILES string of the molecule is O=C(CCC(c1ccccc1)c1ccccc1)N1CCN(C(c2ccccc2)c2ccccc2)CC1. The van der Waals surface area contributed by atoms with Crippen molar-refractivity contribution in [3.63, 3.8) is 0 Å². The van der Waals surface area contributed by atoms with E-state index in [4.69, 9.17) is 0 Å². The molecule has 0 unspecified atom stereocenters. The highest BCUT2D eigenvalue weighted by Gasteiger charge is 2.28. The van der Waals surface area contributed by atoms with Crippen LogP contribution in [0.25, 0.3) is 0 Å². The van der Waals surface area contributed by atoms with Crippen molar-refractivity contribution in [3.05, 3.63) is 144 Å². The Bertz CT molecular complexity index is 1120. The van der Waals surface area contributed by atoms with E-state index in [1.807, 2.05) is 12.1 Å². The monoisotopic (exact) mass is 474 g/mol. The lowest BCUT2D eigenvalue weighted by atomic mass is 9.87. The molecular formula is C33H34N2O. The molecule has 1 fully saturated rings. The molecule has 4 aromatic carbocycles. The Hall–Kier alpha value is -3.69. The average Bonchev–Trinajstić information content (AvgIpc) is 2.96. The van der Waals surface area contributed by atoms with Gasteiger partial charge < -0.3 is 4.90 Å². The molecule has 4 aromatic rings. The van der Waals surface area contributed by atoms with Gasteiger partial charge in [-0.25, -0.2) is 0 Å². The van der Waals surface area contributed by atoms with E-state index in [1.165, 1.54) is 22.3 Å². The first-order chi connectivity index (χ1) is 17.8. The highest BCUT2D eigenvalue weighted by Crippen LogP contribution is 2.31. The van der Waals surface area contributed by atoms with Gasteiger partial charge in [0.25, 0.3) is 0 Å². The number of carbonyl (C=O) groups excluding carboxylic acids is 1. The topological polar surface area (TPSA) is 23.6 Å². The standard InChI is InChI=1S/C33H34N2O/c36-32(22-21-31(27-13-5-1-6-14-27)28-15-7-2-8-16-28)34-23-25-35(26-24-34)33(29-17-9-3-10-18-29)30-19-11-4-12-20-30/h1-20,31,33H,21-26H2. The Kier molecular flexibility index (Phi) is 7.89. The van der Waals surface area contributed by atoms with E-state index in [2.05, 4.69) is 119 Å². The zero-order valence-electron chi connectivity index (χ0n) is 20.7. The van der Waals surface area contributed by atoms with Crippen LogP contribution in [0.4, 0.5) is 0 Å². The van der Waals surface area contributed by atoms with Gasteiger partial charge in [-0.05, 0) is 28.7 Å². The number of hydrogen-bond acceptors (Lipinski definition) is 2. The summed E-state index contributed by atoms with van der Waals surface area (Å²) in [6.07, 6.45) is 1.39. The van der Waals surface area contributed by atoms with Crippen LogP contribution in [0.1, 0.15) is 47.1 Å². The smallest absolute Gasteiger partial charge is 0.222 e. The fraction of sp³-hybridized carbons (Fsp3) is 0.242. The summed E-state index contributed by atoms with van der Waals surface area (Å²) < 4.78 is 0. The zero-order valence-corrected chi connectivity index (χ0v) is 20.7. The Morgan fingerprint density at radius 3 is 1.36 bits per heavy atom. The number of benzene rings is 4. The summed E-state index contributed by atoms with van der Waals surface area (Å²) in [4.78, 5) is 17.9. The first-order valence-corrected chi connectivity index (χ1v) is 13.0. The van der Waals surface area contributed by atoms with Gasteiger partial charge in [0.1, 0.15) is 0 Å². The van der Waals surface area contributed by atoms with Gasteiger partial charge in [-0.2, -0.15) is 0 Å². The number of piperazine rings is 1. The lowest BCUT2D eigenvalue weighted by molar-refractivity contribution is -0.133. The molecule has 0 aliphatic carbocycles. The van der Waals surface area contributed by atoms with Crippen LogP contribution in [0.2, 0.25) is 0 Å². The molecule has 5 rings (SSSR count). The van der Waals surface area contributed by atoms with Crippen LogP contribution in [-0.4, -0.2) is 41.9 Å². The van der Waals surface area contributed by atoms with E-state index in [0.717, 1.165) is 32.6 Å². The predicted molar refractivity (Wildman–Crippen MR) is 147 cm³/mol. The van der Waals surface area contributed by atoms with Crippen molar-refractivity contribution in [3.8, 4) is 0 Å². The fourth-order valence-electron chi connectivity index (χ4n) is 5.44. The van der Waals surface area contributed by atoms with Crippen molar-refractivity contribution < 1.29 is 4.79 Å². The molecular weight excluding hydrogens is 440 g/mol. The molecule has 3 heteroatoms. The van der Waals surface area contributed by atoms with Crippen LogP contribution in [-0.2, 0) is 4.79 Å². The lowest BCUT2D eigenvalue weighted by Crippen LogP contribution is -2.49. The second kappa shape index (κ2) is 11.8. The van der Waals surface area contributed by atoms with E-state index in [9.17, 15) is 4.79 Å². The summed E-state index contributed by atoms with van der Waals surface area (Å²) in [6, 6.07) is 42.8. The van der Waals surface area contributed by atoms with Crippen LogP contribution < -0.4 is 0 Å². The molecule has 0 radical (unpaired) electrons. The zero-order chi connectivity index (χ0) is 24.6. The summed E-state index contributed by atoms with van der Waals surface area (Å²) in [5.41, 5.74) is 5.15. The van der Waals surface area contributed by atoms with Crippen LogP contribution in [0.15, 0.2) is 121 Å². The molecule has 0 spiro atoms. The van der Waals surface area contributed by atoms with Crippen molar-refractivity contribution >= 4 is 5.91 Å². The Morgan fingerprint density at radius 2 is 0.944 bits per heavy atom. The third-order valence-electron chi connectivity index (χ3n) is 7.31. The van der Waals surface area contributed by atoms with E-state index >= 15 is 0 Å². The molecule has 36 heavy (non-hydrogen) atoms. The molecule has 182 valence electrons. The predicted octanol–water partition coefficient (Wildman–Crippen LogP) is 6.53. The fourth-order valence-corrected chi connectivity index (χ4v) is 5.44. The average molecular weight is 475 g/mol. The van der Waals surface area contributed by atoms with Crippen molar-refractivity contribution in [2.24, 2.45) is 0 Å². The third-order valence-corrected chi connectivity index (χ3v) is 7.31. The number of nitrogens with zero attached hydrogens (tertiary/aromatic N) is 2. The first-order valence-electron chi connectivity index (χ1n) is 13.0. The lowest BCUT2D eigenvalue weighted by Gasteiger charge is -2.40. The maximum absolute atomic E-state index is 13.3. The molecule has 1 aliphatic rings. The van der Waals surface area contributed by atoms with E-state index in [0.29, 0.717) is 6.42 Å². The number of hydrogen-bond donors (Lipinski definition) is 0. The molecule has 3 nitrogen and oxygen atoms in total. The van der Waals surface area contributed by atoms with Crippen molar-refractivity contribution in [2.75, 3.05) is 26.2 Å². The van der Waals surface area contributed by atoms with Gasteiger partial charge in [0.05, 0.1) is 6.04 Å². The number of carbonyl (C=O) groups is 1. The highest BCUT2D eigenvalue weighted by atomic mass is 16.2. The normalized spacial score (nSPS) is 14.3. The summed E-state index contributed by atoms with van der Waals surface area (Å²) >= 11 is 0. The highest BCUT2D eigenvalue weighted by molar-refractivity contribution is 5.76. The van der Waals surface area contributed by atoms with Gasteiger partial charge in [-0.1, -0.05) is 121 Å². The largest absolute Gasteiger partial charge is 0.340 e. The van der Waals surface area contributed by atoms with E-state index in [-0.39, 0.29) is 17.9 Å². The summed E-state index contributed by atoms with van der Waals surface area (Å²) in [5.74, 6) is 0.501. The van der Waals surface area contributed by atoms with Gasteiger partial charge in [0, 0.05) is 38.5 Å². The van der Waals surface area contributed by atoms with Gasteiger partial charge in [0.2, 0.25) is 5.91 Å². The van der Waals surface area contributed by atoms with Gasteiger partial charge in [-0.15, -0.1) is 0 Å². The second-order valence-corrected chi connectivity index (χ2v) is 9.55. The minimum absolute atomic E-state index is 0.213. The Morgan fingerprint density at radius 1 is 0.556 bits per heavy atom. The molecule has 0 bridgehead atoms. The minimum atomic E-state index is 0.213. The third kappa shape index (κ3) is 5.75. The molecule has 1 amide bonds. The van der Waals surface area contributed by atoms with Crippen LogP contribution in [0.5, 0.6) is 0 Å². The van der Waals surface area contributed by atoms with Crippen molar-refractivity contribution in [1.82, 2.24) is 9.80 Å². The Balaban J connectivity index is 1.24. The van der Waals surface area contributed by atoms with Gasteiger partial charge in [0.15, 0.2) is 0 Å². The first kappa shape index (κ1) is 24.0. The molecule has 0 saturated carbocycles. The second-order valence-electron chi connectivity index (χ2n) is 9.55. The maximum atomic E-state index is 13.3. The van der Waals surface area contributed by atoms with Gasteiger partial charge in [-0.3, -0.25) is 9.69 Å². The Labute approximate surface area is 215 Å². The molecule has 1 aliphatic heterocycles. The number of amides is 1. The minimum Gasteiger partial charge on any atom is -0.340 e. The van der Waals surface area contributed by atoms with Crippen LogP contribution in [0.3, 0.4) is 0 Å². The summed E-state index contributed by atoms with van der Waals surface area (Å²) in [6.45, 7) is 3.30. The molecule has 0 atom stereocenters. The summed E-state index contributed by atoms with van der Waals surface area (Å²) in [7, 11) is 0. The van der Waals surface area contributed by atoms with E-state index in [1.54, 1.807) is 0 Å². The molecule has 0 aromatic heterocycles. The van der Waals surface area contributed by atoms with E-state index < -0.39 is 0 Å². The molecule has 0 N–H and O–H groups in total. The van der Waals surface area contributed by atoms with Crippen molar-refractivity contribution in [2.45, 2.75) is 24.8 Å². The number of rotatable bonds is 8. The van der Waals surface area contributed by atoms with Crippen molar-refractivity contribution in [1.29, 1.82) is 0 Å². The van der Waals surface area contributed by atoms with Crippen LogP contribution >= 0.6 is 0 Å². The molecule has 1 saturated heterocycles.